The summed E-state index contributed by atoms with van der Waals surface area (Å²) in [5.74, 6) is -0.294. The van der Waals surface area contributed by atoms with Crippen LogP contribution in [0.2, 0.25) is 0 Å². The average Bonchev–Trinajstić information content (AvgIpc) is 3.26. The van der Waals surface area contributed by atoms with Crippen molar-refractivity contribution in [2.45, 2.75) is 32.6 Å². The summed E-state index contributed by atoms with van der Waals surface area (Å²) < 4.78 is 34.7. The molecule has 5 nitrogen and oxygen atoms in total. The van der Waals surface area contributed by atoms with Crippen molar-refractivity contribution in [3.8, 4) is 22.5 Å². The lowest BCUT2D eigenvalue weighted by Gasteiger charge is -2.24. The highest BCUT2D eigenvalue weighted by Crippen LogP contribution is 2.41. The van der Waals surface area contributed by atoms with Crippen molar-refractivity contribution in [1.29, 1.82) is 0 Å². The fourth-order valence-electron chi connectivity index (χ4n) is 4.41. The van der Waals surface area contributed by atoms with Crippen molar-refractivity contribution in [2.24, 2.45) is 0 Å². The monoisotopic (exact) mass is 506 g/mol. The lowest BCUT2D eigenvalue weighted by molar-refractivity contribution is 0.0964. The number of halogens is 1. The standard InChI is InChI=1S/C29H31FN2O3S/c1-4-5-6-10-17-32(36(3)34)25-19-26-24(18-23(25)20-11-8-7-9-12-20)27(29(33)31-2)28(35-26)21-13-15-22(30)16-14-21/h7-9,11-16,18-19H,4-6,10,17H2,1-3H3,(H,31,33). The van der Waals surface area contributed by atoms with Crippen LogP contribution in [-0.4, -0.2) is 30.0 Å². The Morgan fingerprint density at radius 3 is 2.36 bits per heavy atom. The first-order valence-electron chi connectivity index (χ1n) is 12.2. The van der Waals surface area contributed by atoms with Crippen molar-refractivity contribution in [3.05, 3.63) is 78.1 Å². The van der Waals surface area contributed by atoms with Crippen LogP contribution in [-0.2, 0) is 11.0 Å². The molecule has 0 spiro atoms. The summed E-state index contributed by atoms with van der Waals surface area (Å²) >= 11 is 0. The van der Waals surface area contributed by atoms with E-state index in [0.717, 1.165) is 42.5 Å². The Hall–Kier alpha value is -3.45. The van der Waals surface area contributed by atoms with E-state index < -0.39 is 11.0 Å². The lowest BCUT2D eigenvalue weighted by atomic mass is 9.98. The Morgan fingerprint density at radius 2 is 1.72 bits per heavy atom. The molecule has 0 bridgehead atoms. The second kappa shape index (κ2) is 11.5. The van der Waals surface area contributed by atoms with Gasteiger partial charge in [0.15, 0.2) is 0 Å². The molecule has 1 unspecified atom stereocenters. The number of benzene rings is 3. The fraction of sp³-hybridized carbons (Fsp3) is 0.276. The maximum absolute atomic E-state index is 13.6. The van der Waals surface area contributed by atoms with Crippen LogP contribution in [0, 0.1) is 5.82 Å². The summed E-state index contributed by atoms with van der Waals surface area (Å²) in [6.07, 6.45) is 5.91. The summed E-state index contributed by atoms with van der Waals surface area (Å²) in [6, 6.07) is 19.5. The van der Waals surface area contributed by atoms with Crippen molar-refractivity contribution in [3.63, 3.8) is 0 Å². The predicted octanol–water partition coefficient (Wildman–Crippen LogP) is 6.95. The highest BCUT2D eigenvalue weighted by atomic mass is 32.2. The van der Waals surface area contributed by atoms with Crippen LogP contribution in [0.3, 0.4) is 0 Å². The zero-order valence-electron chi connectivity index (χ0n) is 20.8. The fourth-order valence-corrected chi connectivity index (χ4v) is 5.23. The zero-order valence-corrected chi connectivity index (χ0v) is 21.7. The quantitative estimate of drug-likeness (QED) is 0.237. The van der Waals surface area contributed by atoms with E-state index in [9.17, 15) is 13.4 Å². The highest BCUT2D eigenvalue weighted by molar-refractivity contribution is 7.85. The largest absolute Gasteiger partial charge is 0.455 e. The van der Waals surface area contributed by atoms with Crippen molar-refractivity contribution >= 4 is 33.5 Å². The van der Waals surface area contributed by atoms with E-state index in [-0.39, 0.29) is 11.7 Å². The number of hydrogen-bond donors (Lipinski definition) is 1. The predicted molar refractivity (Wildman–Crippen MR) is 146 cm³/mol. The molecule has 0 aliphatic heterocycles. The molecule has 0 fully saturated rings. The second-order valence-electron chi connectivity index (χ2n) is 8.71. The van der Waals surface area contributed by atoms with Gasteiger partial charge >= 0.3 is 0 Å². The van der Waals surface area contributed by atoms with Gasteiger partial charge in [0.25, 0.3) is 5.91 Å². The number of furan rings is 1. The molecule has 1 heterocycles. The van der Waals surface area contributed by atoms with Crippen LogP contribution in [0.25, 0.3) is 33.4 Å². The Morgan fingerprint density at radius 1 is 1.00 bits per heavy atom. The molecule has 0 radical (unpaired) electrons. The van der Waals surface area contributed by atoms with Crippen LogP contribution >= 0.6 is 0 Å². The molecule has 0 aliphatic rings. The molecule has 0 aliphatic carbocycles. The van der Waals surface area contributed by atoms with E-state index in [1.165, 1.54) is 12.1 Å². The van der Waals surface area contributed by atoms with Crippen LogP contribution < -0.4 is 9.62 Å². The van der Waals surface area contributed by atoms with E-state index in [0.29, 0.717) is 34.4 Å². The van der Waals surface area contributed by atoms with Crippen LogP contribution in [0.15, 0.2) is 71.1 Å². The molecular formula is C29H31FN2O3S. The van der Waals surface area contributed by atoms with Crippen molar-refractivity contribution in [1.82, 2.24) is 5.32 Å². The van der Waals surface area contributed by atoms with Crippen LogP contribution in [0.1, 0.15) is 43.0 Å². The number of amides is 1. The molecule has 1 aromatic heterocycles. The number of rotatable bonds is 10. The van der Waals surface area contributed by atoms with E-state index >= 15 is 0 Å². The highest BCUT2D eigenvalue weighted by Gasteiger charge is 2.25. The molecule has 4 rings (SSSR count). The number of nitrogens with zero attached hydrogens (tertiary/aromatic N) is 1. The second-order valence-corrected chi connectivity index (χ2v) is 10.00. The van der Waals surface area contributed by atoms with Crippen LogP contribution in [0.4, 0.5) is 10.1 Å². The Labute approximate surface area is 213 Å². The zero-order chi connectivity index (χ0) is 25.7. The number of carbonyl (C=O) groups excluding carboxylic acids is 1. The van der Waals surface area contributed by atoms with E-state index in [1.807, 2.05) is 46.8 Å². The summed E-state index contributed by atoms with van der Waals surface area (Å²) in [6.45, 7) is 2.80. The first kappa shape index (κ1) is 25.6. The molecule has 188 valence electrons. The first-order chi connectivity index (χ1) is 17.4. The van der Waals surface area contributed by atoms with Gasteiger partial charge in [-0.3, -0.25) is 9.10 Å². The Kier molecular flexibility index (Phi) is 8.21. The molecule has 1 N–H and O–H groups in total. The van der Waals surface area contributed by atoms with E-state index in [2.05, 4.69) is 12.2 Å². The number of fused-ring (bicyclic) bond motifs is 1. The third-order valence-electron chi connectivity index (χ3n) is 6.25. The van der Waals surface area contributed by atoms with Gasteiger partial charge in [-0.1, -0.05) is 56.5 Å². The minimum atomic E-state index is -1.26. The normalized spacial score (nSPS) is 12.0. The number of carbonyl (C=O) groups is 1. The van der Waals surface area contributed by atoms with Gasteiger partial charge in [0.05, 0.1) is 11.3 Å². The molecule has 4 aromatic rings. The summed E-state index contributed by atoms with van der Waals surface area (Å²) in [5.41, 5.74) is 4.09. The van der Waals surface area contributed by atoms with Gasteiger partial charge in [-0.05, 0) is 42.3 Å². The van der Waals surface area contributed by atoms with E-state index in [1.54, 1.807) is 25.4 Å². The van der Waals surface area contributed by atoms with Gasteiger partial charge in [0.2, 0.25) is 0 Å². The third kappa shape index (κ3) is 5.36. The Balaban J connectivity index is 1.95. The van der Waals surface area contributed by atoms with Gasteiger partial charge in [-0.25, -0.2) is 8.60 Å². The lowest BCUT2D eigenvalue weighted by Crippen LogP contribution is -2.26. The third-order valence-corrected chi connectivity index (χ3v) is 7.25. The summed E-state index contributed by atoms with van der Waals surface area (Å²) in [7, 11) is 0.306. The SMILES string of the molecule is CCCCCCN(c1cc2oc(-c3ccc(F)cc3)c(C(=O)NC)c2cc1-c1ccccc1)S(C)=O. The van der Waals surface area contributed by atoms with Gasteiger partial charge < -0.3 is 9.73 Å². The van der Waals surface area contributed by atoms with Gasteiger partial charge in [0.1, 0.15) is 28.1 Å². The first-order valence-corrected chi connectivity index (χ1v) is 13.7. The number of anilines is 1. The van der Waals surface area contributed by atoms with Gasteiger partial charge in [-0.2, -0.15) is 0 Å². The average molecular weight is 507 g/mol. The number of unbranched alkanes of at least 4 members (excludes halogenated alkanes) is 3. The topological polar surface area (TPSA) is 62.6 Å². The Bertz CT molecular complexity index is 1370. The van der Waals surface area contributed by atoms with Crippen LogP contribution in [0.5, 0.6) is 0 Å². The van der Waals surface area contributed by atoms with E-state index in [4.69, 9.17) is 4.42 Å². The van der Waals surface area contributed by atoms with Crippen molar-refractivity contribution < 1.29 is 17.8 Å². The molecule has 3 aromatic carbocycles. The molecule has 1 atom stereocenters. The molecule has 36 heavy (non-hydrogen) atoms. The van der Waals surface area contributed by atoms with Crippen molar-refractivity contribution in [2.75, 3.05) is 24.2 Å². The maximum atomic E-state index is 13.6. The molecule has 0 saturated heterocycles. The minimum Gasteiger partial charge on any atom is -0.455 e. The minimum absolute atomic E-state index is 0.296. The van der Waals surface area contributed by atoms with Gasteiger partial charge in [0, 0.05) is 42.4 Å². The number of hydrogen-bond acceptors (Lipinski definition) is 3. The summed E-state index contributed by atoms with van der Waals surface area (Å²) in [4.78, 5) is 13.0. The smallest absolute Gasteiger partial charge is 0.255 e. The number of nitrogens with one attached hydrogen (secondary N) is 1. The molecule has 1 amide bonds. The van der Waals surface area contributed by atoms with Gasteiger partial charge in [-0.15, -0.1) is 0 Å². The maximum Gasteiger partial charge on any atom is 0.255 e. The molecule has 7 heteroatoms. The summed E-state index contributed by atoms with van der Waals surface area (Å²) in [5, 5.41) is 3.35. The molecule has 0 saturated carbocycles. The molecular weight excluding hydrogens is 475 g/mol.